The third-order valence-electron chi connectivity index (χ3n) is 3.58. The second-order valence-electron chi connectivity index (χ2n) is 4.95. The van der Waals surface area contributed by atoms with Gasteiger partial charge in [0.05, 0.1) is 22.4 Å². The van der Waals surface area contributed by atoms with Crippen molar-refractivity contribution in [2.45, 2.75) is 6.92 Å². The molecule has 6 heteroatoms. The Balaban J connectivity index is 2.22. The first kappa shape index (κ1) is 13.8. The third kappa shape index (κ3) is 1.85. The molecule has 0 saturated carbocycles. The Bertz CT molecular complexity index is 805. The molecule has 2 N–H and O–H groups in total. The van der Waals surface area contributed by atoms with E-state index in [0.29, 0.717) is 5.56 Å². The van der Waals surface area contributed by atoms with E-state index in [0.717, 1.165) is 11.0 Å². The SMILES string of the molecule is Cc1cc(N2C(=O)c3ccccc3C2=O)c(C(=O)O)cc1O. The van der Waals surface area contributed by atoms with E-state index in [1.165, 1.54) is 18.2 Å². The quantitative estimate of drug-likeness (QED) is 0.829. The lowest BCUT2D eigenvalue weighted by atomic mass is 10.1. The number of aromatic hydroxyl groups is 1. The monoisotopic (exact) mass is 297 g/mol. The Kier molecular flexibility index (Phi) is 2.95. The fraction of sp³-hybridized carbons (Fsp3) is 0.0625. The molecule has 2 aromatic rings. The maximum absolute atomic E-state index is 12.4. The molecule has 0 spiro atoms. The van der Waals surface area contributed by atoms with E-state index < -0.39 is 17.8 Å². The summed E-state index contributed by atoms with van der Waals surface area (Å²) in [7, 11) is 0. The zero-order chi connectivity index (χ0) is 16.0. The number of amides is 2. The van der Waals surface area contributed by atoms with Crippen LogP contribution in [0.4, 0.5) is 5.69 Å². The highest BCUT2D eigenvalue weighted by atomic mass is 16.4. The van der Waals surface area contributed by atoms with Crippen LogP contribution < -0.4 is 4.90 Å². The topological polar surface area (TPSA) is 94.9 Å². The van der Waals surface area contributed by atoms with Gasteiger partial charge in [0.2, 0.25) is 0 Å². The Morgan fingerprint density at radius 3 is 2.09 bits per heavy atom. The van der Waals surface area contributed by atoms with Crippen LogP contribution >= 0.6 is 0 Å². The summed E-state index contributed by atoms with van der Waals surface area (Å²) in [6.07, 6.45) is 0. The number of carboxylic acid groups (broad SMARTS) is 1. The van der Waals surface area contributed by atoms with E-state index in [2.05, 4.69) is 0 Å². The lowest BCUT2D eigenvalue weighted by molar-refractivity contribution is 0.0697. The standard InChI is InChI=1S/C16H11NO5/c1-8-6-12(11(16(21)22)7-13(8)18)17-14(19)9-4-2-3-5-10(9)15(17)20/h2-7,18H,1H3,(H,21,22). The lowest BCUT2D eigenvalue weighted by Gasteiger charge is -2.17. The number of aromatic carboxylic acids is 1. The molecule has 1 aliphatic heterocycles. The highest BCUT2D eigenvalue weighted by Crippen LogP contribution is 2.34. The Hall–Kier alpha value is -3.15. The first-order valence-electron chi connectivity index (χ1n) is 6.46. The van der Waals surface area contributed by atoms with Crippen molar-refractivity contribution in [2.24, 2.45) is 0 Å². The molecular formula is C16H11NO5. The highest BCUT2D eigenvalue weighted by Gasteiger charge is 2.38. The van der Waals surface area contributed by atoms with Gasteiger partial charge in [-0.05, 0) is 36.8 Å². The number of anilines is 1. The summed E-state index contributed by atoms with van der Waals surface area (Å²) in [5.74, 6) is -2.69. The van der Waals surface area contributed by atoms with Gasteiger partial charge in [0.1, 0.15) is 5.75 Å². The van der Waals surface area contributed by atoms with Crippen LogP contribution in [0.15, 0.2) is 36.4 Å². The van der Waals surface area contributed by atoms with Crippen LogP contribution in [0.25, 0.3) is 0 Å². The van der Waals surface area contributed by atoms with E-state index in [1.54, 1.807) is 19.1 Å². The van der Waals surface area contributed by atoms with Crippen LogP contribution in [0.5, 0.6) is 5.75 Å². The van der Waals surface area contributed by atoms with Crippen molar-refractivity contribution in [1.29, 1.82) is 0 Å². The maximum atomic E-state index is 12.4. The zero-order valence-electron chi connectivity index (χ0n) is 11.5. The Morgan fingerprint density at radius 2 is 1.59 bits per heavy atom. The van der Waals surface area contributed by atoms with Crippen LogP contribution in [0.3, 0.4) is 0 Å². The molecule has 110 valence electrons. The van der Waals surface area contributed by atoms with Gasteiger partial charge in [-0.2, -0.15) is 0 Å². The largest absolute Gasteiger partial charge is 0.508 e. The second-order valence-corrected chi connectivity index (χ2v) is 4.95. The van der Waals surface area contributed by atoms with Crippen molar-refractivity contribution in [2.75, 3.05) is 4.90 Å². The highest BCUT2D eigenvalue weighted by molar-refractivity contribution is 6.35. The van der Waals surface area contributed by atoms with Crippen LogP contribution in [-0.4, -0.2) is 28.0 Å². The van der Waals surface area contributed by atoms with Crippen LogP contribution in [0.1, 0.15) is 36.6 Å². The number of carboxylic acids is 1. The van der Waals surface area contributed by atoms with Gasteiger partial charge in [0.15, 0.2) is 0 Å². The first-order valence-corrected chi connectivity index (χ1v) is 6.46. The summed E-state index contributed by atoms with van der Waals surface area (Å²) < 4.78 is 0. The van der Waals surface area contributed by atoms with Gasteiger partial charge in [-0.3, -0.25) is 9.59 Å². The molecule has 0 aliphatic carbocycles. The summed E-state index contributed by atoms with van der Waals surface area (Å²) in [5, 5.41) is 18.9. The van der Waals surface area contributed by atoms with Gasteiger partial charge in [-0.25, -0.2) is 9.69 Å². The molecule has 6 nitrogen and oxygen atoms in total. The molecule has 0 fully saturated rings. The van der Waals surface area contributed by atoms with Crippen LogP contribution in [0, 0.1) is 6.92 Å². The molecule has 2 amide bonds. The van der Waals surface area contributed by atoms with E-state index in [9.17, 15) is 24.6 Å². The average molecular weight is 297 g/mol. The summed E-state index contributed by atoms with van der Waals surface area (Å²) in [6.45, 7) is 1.56. The second kappa shape index (κ2) is 4.70. The lowest BCUT2D eigenvalue weighted by Crippen LogP contribution is -2.31. The van der Waals surface area contributed by atoms with E-state index in [-0.39, 0.29) is 28.1 Å². The number of benzene rings is 2. The van der Waals surface area contributed by atoms with Gasteiger partial charge in [0, 0.05) is 0 Å². The summed E-state index contributed by atoms with van der Waals surface area (Å²) in [4.78, 5) is 37.1. The summed E-state index contributed by atoms with van der Waals surface area (Å²) in [5.41, 5.74) is 0.479. The molecule has 22 heavy (non-hydrogen) atoms. The van der Waals surface area contributed by atoms with Crippen LogP contribution in [-0.2, 0) is 0 Å². The minimum atomic E-state index is -1.33. The molecule has 0 saturated heterocycles. The van der Waals surface area contributed by atoms with Crippen LogP contribution in [0.2, 0.25) is 0 Å². The van der Waals surface area contributed by atoms with Crippen molar-refractivity contribution in [3.05, 3.63) is 58.7 Å². The number of carbonyl (C=O) groups excluding carboxylic acids is 2. The molecule has 0 atom stereocenters. The van der Waals surface area contributed by atoms with Crippen molar-refractivity contribution in [3.8, 4) is 5.75 Å². The molecular weight excluding hydrogens is 286 g/mol. The van der Waals surface area contributed by atoms with Gasteiger partial charge < -0.3 is 10.2 Å². The minimum Gasteiger partial charge on any atom is -0.508 e. The van der Waals surface area contributed by atoms with Crippen molar-refractivity contribution in [1.82, 2.24) is 0 Å². The minimum absolute atomic E-state index is 0.0472. The maximum Gasteiger partial charge on any atom is 0.337 e. The first-order chi connectivity index (χ1) is 10.4. The zero-order valence-corrected chi connectivity index (χ0v) is 11.5. The normalized spacial score (nSPS) is 13.4. The number of imide groups is 1. The number of aryl methyl sites for hydroxylation is 1. The number of phenolic OH excluding ortho intramolecular Hbond substituents is 1. The molecule has 0 bridgehead atoms. The van der Waals surface area contributed by atoms with Crippen molar-refractivity contribution in [3.63, 3.8) is 0 Å². The molecule has 2 aromatic carbocycles. The van der Waals surface area contributed by atoms with Gasteiger partial charge >= 0.3 is 5.97 Å². The molecule has 0 unspecified atom stereocenters. The van der Waals surface area contributed by atoms with Gasteiger partial charge in [0.25, 0.3) is 11.8 Å². The predicted octanol–water partition coefficient (Wildman–Crippen LogP) is 2.20. The molecule has 0 radical (unpaired) electrons. The molecule has 1 aliphatic rings. The number of carbonyl (C=O) groups is 3. The van der Waals surface area contributed by atoms with E-state index >= 15 is 0 Å². The average Bonchev–Trinajstić information content (AvgIpc) is 2.74. The molecule has 1 heterocycles. The Labute approximate surface area is 125 Å². The Morgan fingerprint density at radius 1 is 1.05 bits per heavy atom. The molecule has 0 aromatic heterocycles. The number of phenols is 1. The number of hydrogen-bond donors (Lipinski definition) is 2. The van der Waals surface area contributed by atoms with E-state index in [1.807, 2.05) is 0 Å². The van der Waals surface area contributed by atoms with Gasteiger partial charge in [-0.1, -0.05) is 12.1 Å². The number of rotatable bonds is 2. The summed E-state index contributed by atoms with van der Waals surface area (Å²) in [6, 6.07) is 8.66. The fourth-order valence-corrected chi connectivity index (χ4v) is 2.45. The number of hydrogen-bond acceptors (Lipinski definition) is 4. The fourth-order valence-electron chi connectivity index (χ4n) is 2.45. The molecule has 3 rings (SSSR count). The smallest absolute Gasteiger partial charge is 0.337 e. The van der Waals surface area contributed by atoms with Gasteiger partial charge in [-0.15, -0.1) is 0 Å². The van der Waals surface area contributed by atoms with Crippen molar-refractivity contribution >= 4 is 23.5 Å². The number of nitrogens with zero attached hydrogens (tertiary/aromatic N) is 1. The third-order valence-corrected chi connectivity index (χ3v) is 3.58. The number of fused-ring (bicyclic) bond motifs is 1. The summed E-state index contributed by atoms with van der Waals surface area (Å²) >= 11 is 0. The van der Waals surface area contributed by atoms with Crippen molar-refractivity contribution < 1.29 is 24.6 Å². The van der Waals surface area contributed by atoms with E-state index in [4.69, 9.17) is 0 Å². The predicted molar refractivity (Wildman–Crippen MR) is 77.4 cm³/mol.